The third-order valence-electron chi connectivity index (χ3n) is 3.81. The molecule has 21 heavy (non-hydrogen) atoms. The fourth-order valence-corrected chi connectivity index (χ4v) is 2.78. The first-order valence-corrected chi connectivity index (χ1v) is 7.13. The maximum atomic E-state index is 12.3. The average molecular weight is 298 g/mol. The number of nitrogens with zero attached hydrogens (tertiary/aromatic N) is 2. The lowest BCUT2D eigenvalue weighted by Gasteiger charge is -2.35. The molecule has 2 aliphatic rings. The molecule has 0 saturated carbocycles. The molecule has 2 saturated heterocycles. The van der Waals surface area contributed by atoms with Gasteiger partial charge < -0.3 is 14.7 Å². The van der Waals surface area contributed by atoms with Gasteiger partial charge in [-0.3, -0.25) is 14.5 Å². The van der Waals surface area contributed by atoms with Gasteiger partial charge in [-0.2, -0.15) is 0 Å². The number of carbonyl (C=O) groups excluding carboxylic acids is 2. The Kier molecular flexibility index (Phi) is 3.86. The summed E-state index contributed by atoms with van der Waals surface area (Å²) in [6, 6.07) is -0.609. The van der Waals surface area contributed by atoms with Crippen LogP contribution in [0.15, 0.2) is 0 Å². The van der Waals surface area contributed by atoms with Crippen molar-refractivity contribution in [1.29, 1.82) is 0 Å². The Morgan fingerprint density at radius 1 is 1.43 bits per heavy atom. The van der Waals surface area contributed by atoms with Gasteiger partial charge in [-0.15, -0.1) is 0 Å². The van der Waals surface area contributed by atoms with Crippen molar-refractivity contribution >= 4 is 18.0 Å². The number of aliphatic carboxylic acids is 1. The number of amides is 2. The normalized spacial score (nSPS) is 26.2. The van der Waals surface area contributed by atoms with Crippen molar-refractivity contribution in [2.75, 3.05) is 13.1 Å². The van der Waals surface area contributed by atoms with Crippen molar-refractivity contribution in [3.63, 3.8) is 0 Å². The van der Waals surface area contributed by atoms with Gasteiger partial charge in [-0.05, 0) is 27.2 Å². The smallest absolute Gasteiger partial charge is 0.411 e. The van der Waals surface area contributed by atoms with Crippen molar-refractivity contribution in [2.24, 2.45) is 5.92 Å². The zero-order chi connectivity index (χ0) is 15.9. The second-order valence-corrected chi connectivity index (χ2v) is 6.77. The highest BCUT2D eigenvalue weighted by atomic mass is 16.6. The number of piperazine rings is 1. The Morgan fingerprint density at radius 3 is 2.52 bits per heavy atom. The van der Waals surface area contributed by atoms with Crippen LogP contribution in [0.4, 0.5) is 4.79 Å². The molecule has 0 aliphatic carbocycles. The first-order chi connectivity index (χ1) is 9.60. The van der Waals surface area contributed by atoms with Crippen LogP contribution < -0.4 is 0 Å². The quantitative estimate of drug-likeness (QED) is 0.837. The third kappa shape index (κ3) is 3.11. The van der Waals surface area contributed by atoms with Crippen molar-refractivity contribution in [3.8, 4) is 0 Å². The zero-order valence-electron chi connectivity index (χ0n) is 12.8. The number of carboxylic acid groups (broad SMARTS) is 1. The number of carboxylic acids is 1. The maximum absolute atomic E-state index is 12.3. The van der Waals surface area contributed by atoms with Gasteiger partial charge >= 0.3 is 12.1 Å². The molecule has 0 spiro atoms. The molecule has 2 rings (SSSR count). The summed E-state index contributed by atoms with van der Waals surface area (Å²) in [6.45, 7) is 7.52. The van der Waals surface area contributed by atoms with Gasteiger partial charge in [-0.1, -0.05) is 6.92 Å². The molecule has 3 unspecified atom stereocenters. The molecule has 2 heterocycles. The van der Waals surface area contributed by atoms with E-state index in [1.165, 1.54) is 4.90 Å². The Morgan fingerprint density at radius 2 is 2.05 bits per heavy atom. The van der Waals surface area contributed by atoms with E-state index < -0.39 is 29.6 Å². The highest BCUT2D eigenvalue weighted by Gasteiger charge is 2.52. The van der Waals surface area contributed by atoms with Gasteiger partial charge in [0.25, 0.3) is 0 Å². The highest BCUT2D eigenvalue weighted by molar-refractivity contribution is 5.90. The standard InChI is InChI=1S/C14H22N2O5/c1-8(12(18)19)6-15-9-5-10(11(15)17)16(7-9)13(20)21-14(2,3)4/h8-10H,5-7H2,1-4H3,(H,18,19). The van der Waals surface area contributed by atoms with Crippen molar-refractivity contribution < 1.29 is 24.2 Å². The number of hydrogen-bond acceptors (Lipinski definition) is 4. The number of hydrogen-bond donors (Lipinski definition) is 1. The molecule has 0 aromatic rings. The molecular formula is C14H22N2O5. The molecule has 0 aromatic carbocycles. The second kappa shape index (κ2) is 5.20. The Balaban J connectivity index is 2.00. The Bertz CT molecular complexity index is 470. The SMILES string of the molecule is CC(CN1C(=O)C2CC1CN2C(=O)OC(C)(C)C)C(=O)O. The van der Waals surface area contributed by atoms with Crippen LogP contribution in [0.3, 0.4) is 0 Å². The summed E-state index contributed by atoms with van der Waals surface area (Å²) in [7, 11) is 0. The first kappa shape index (κ1) is 15.6. The van der Waals surface area contributed by atoms with Crippen LogP contribution in [0.1, 0.15) is 34.1 Å². The number of fused-ring (bicyclic) bond motifs is 2. The van der Waals surface area contributed by atoms with Gasteiger partial charge in [0.1, 0.15) is 11.6 Å². The second-order valence-electron chi connectivity index (χ2n) is 6.77. The summed E-state index contributed by atoms with van der Waals surface area (Å²) < 4.78 is 5.30. The van der Waals surface area contributed by atoms with Gasteiger partial charge in [0.15, 0.2) is 0 Å². The minimum absolute atomic E-state index is 0.100. The number of carbonyl (C=O) groups is 3. The minimum Gasteiger partial charge on any atom is -0.481 e. The summed E-state index contributed by atoms with van der Waals surface area (Å²) in [5, 5.41) is 8.94. The molecule has 3 atom stereocenters. The van der Waals surface area contributed by atoms with Crippen molar-refractivity contribution in [3.05, 3.63) is 0 Å². The third-order valence-corrected chi connectivity index (χ3v) is 3.81. The van der Waals surface area contributed by atoms with Gasteiger partial charge in [0.2, 0.25) is 5.91 Å². The van der Waals surface area contributed by atoms with Crippen LogP contribution >= 0.6 is 0 Å². The monoisotopic (exact) mass is 298 g/mol. The summed E-state index contributed by atoms with van der Waals surface area (Å²) in [6.07, 6.45) is 0.0824. The van der Waals surface area contributed by atoms with Crippen molar-refractivity contribution in [1.82, 2.24) is 9.80 Å². The molecule has 2 aliphatic heterocycles. The molecule has 2 amide bonds. The Hall–Kier alpha value is -1.79. The van der Waals surface area contributed by atoms with Crippen LogP contribution in [-0.2, 0) is 14.3 Å². The van der Waals surface area contributed by atoms with Gasteiger partial charge in [-0.25, -0.2) is 4.79 Å². The predicted octanol–water partition coefficient (Wildman–Crippen LogP) is 0.927. The van der Waals surface area contributed by atoms with Crippen LogP contribution in [0.5, 0.6) is 0 Å². The Labute approximate surface area is 123 Å². The molecule has 118 valence electrons. The molecule has 7 heteroatoms. The molecule has 0 radical (unpaired) electrons. The molecule has 0 aromatic heterocycles. The van der Waals surface area contributed by atoms with E-state index in [2.05, 4.69) is 0 Å². The average Bonchev–Trinajstić information content (AvgIpc) is 2.87. The fraction of sp³-hybridized carbons (Fsp3) is 0.786. The maximum Gasteiger partial charge on any atom is 0.411 e. The topological polar surface area (TPSA) is 87.2 Å². The summed E-state index contributed by atoms with van der Waals surface area (Å²) >= 11 is 0. The largest absolute Gasteiger partial charge is 0.481 e. The van der Waals surface area contributed by atoms with Crippen LogP contribution in [0.25, 0.3) is 0 Å². The fourth-order valence-electron chi connectivity index (χ4n) is 2.78. The zero-order valence-corrected chi connectivity index (χ0v) is 12.8. The lowest BCUT2D eigenvalue weighted by molar-refractivity contribution is -0.144. The molecular weight excluding hydrogens is 276 g/mol. The van der Waals surface area contributed by atoms with E-state index in [1.807, 2.05) is 0 Å². The van der Waals surface area contributed by atoms with E-state index in [9.17, 15) is 14.4 Å². The van der Waals surface area contributed by atoms with E-state index >= 15 is 0 Å². The molecule has 1 N–H and O–H groups in total. The molecule has 7 nitrogen and oxygen atoms in total. The predicted molar refractivity (Wildman–Crippen MR) is 73.6 cm³/mol. The molecule has 2 bridgehead atoms. The summed E-state index contributed by atoms with van der Waals surface area (Å²) in [4.78, 5) is 38.3. The van der Waals surface area contributed by atoms with Gasteiger partial charge in [0, 0.05) is 13.1 Å². The lowest BCUT2D eigenvalue weighted by Crippen LogP contribution is -2.54. The van der Waals surface area contributed by atoms with E-state index in [-0.39, 0.29) is 18.5 Å². The van der Waals surface area contributed by atoms with E-state index in [1.54, 1.807) is 32.6 Å². The number of rotatable bonds is 3. The number of likely N-dealkylation sites (tertiary alicyclic amines) is 2. The van der Waals surface area contributed by atoms with E-state index in [0.717, 1.165) is 0 Å². The minimum atomic E-state index is -0.922. The highest BCUT2D eigenvalue weighted by Crippen LogP contribution is 2.33. The van der Waals surface area contributed by atoms with Gasteiger partial charge in [0.05, 0.1) is 12.0 Å². The van der Waals surface area contributed by atoms with Crippen molar-refractivity contribution in [2.45, 2.75) is 51.8 Å². The summed E-state index contributed by atoms with van der Waals surface area (Å²) in [5.74, 6) is -1.71. The molecule has 2 fully saturated rings. The van der Waals surface area contributed by atoms with Crippen LogP contribution in [0.2, 0.25) is 0 Å². The summed E-state index contributed by atoms with van der Waals surface area (Å²) in [5.41, 5.74) is -0.598. The van der Waals surface area contributed by atoms with Crippen LogP contribution in [0, 0.1) is 5.92 Å². The first-order valence-electron chi connectivity index (χ1n) is 7.13. The lowest BCUT2D eigenvalue weighted by atomic mass is 10.1. The number of ether oxygens (including phenoxy) is 1. The van der Waals surface area contributed by atoms with E-state index in [0.29, 0.717) is 13.0 Å². The van der Waals surface area contributed by atoms with E-state index in [4.69, 9.17) is 9.84 Å². The van der Waals surface area contributed by atoms with Crippen LogP contribution in [-0.4, -0.2) is 63.7 Å².